The fourth-order valence-corrected chi connectivity index (χ4v) is 4.13. The number of fused-ring (bicyclic) bond motifs is 3. The van der Waals surface area contributed by atoms with Gasteiger partial charge >= 0.3 is 0 Å². The van der Waals surface area contributed by atoms with Gasteiger partial charge in [-0.2, -0.15) is 0 Å². The first-order valence-electron chi connectivity index (χ1n) is 9.76. The third-order valence-electron chi connectivity index (χ3n) is 5.61. The summed E-state index contributed by atoms with van der Waals surface area (Å²) in [6.07, 6.45) is 0. The van der Waals surface area contributed by atoms with Crippen molar-refractivity contribution >= 4 is 28.4 Å². The van der Waals surface area contributed by atoms with Gasteiger partial charge in [0.25, 0.3) is 11.4 Å². The molecule has 2 heterocycles. The van der Waals surface area contributed by atoms with E-state index in [1.165, 1.54) is 24.3 Å². The molecule has 0 amide bonds. The maximum absolute atomic E-state index is 11.3. The van der Waals surface area contributed by atoms with Crippen molar-refractivity contribution in [3.8, 4) is 0 Å². The first-order chi connectivity index (χ1) is 15.4. The minimum absolute atomic E-state index is 0.00805. The highest BCUT2D eigenvalue weighted by molar-refractivity contribution is 5.82. The van der Waals surface area contributed by atoms with E-state index in [1.807, 2.05) is 34.1 Å². The Bertz CT molecular complexity index is 1270. The lowest BCUT2D eigenvalue weighted by Gasteiger charge is -2.41. The molecule has 0 aromatic heterocycles. The smallest absolute Gasteiger partial charge is 0.269 e. The van der Waals surface area contributed by atoms with Gasteiger partial charge in [-0.1, -0.05) is 24.3 Å². The molecule has 0 saturated heterocycles. The summed E-state index contributed by atoms with van der Waals surface area (Å²) in [5, 5.41) is 37.0. The lowest BCUT2D eigenvalue weighted by molar-refractivity contribution is -0.385. The van der Waals surface area contributed by atoms with E-state index in [4.69, 9.17) is 0 Å². The van der Waals surface area contributed by atoms with Gasteiger partial charge in [-0.3, -0.25) is 20.2 Å². The van der Waals surface area contributed by atoms with E-state index in [2.05, 4.69) is 5.32 Å². The summed E-state index contributed by atoms with van der Waals surface area (Å²) in [5.41, 5.74) is 2.72. The first-order valence-corrected chi connectivity index (χ1v) is 9.76. The van der Waals surface area contributed by atoms with Crippen LogP contribution in [0.2, 0.25) is 0 Å². The van der Waals surface area contributed by atoms with Crippen molar-refractivity contribution < 1.29 is 15.0 Å². The number of nitrogens with zero attached hydrogens (tertiary/aromatic N) is 4. The molecule has 2 aliphatic heterocycles. The van der Waals surface area contributed by atoms with Crippen LogP contribution in [0.4, 0.5) is 28.4 Å². The Hall–Kier alpha value is -4.60. The van der Waals surface area contributed by atoms with E-state index in [1.54, 1.807) is 24.3 Å². The molecule has 3 aromatic carbocycles. The normalized spacial score (nSPS) is 16.9. The second-order valence-corrected chi connectivity index (χ2v) is 7.44. The molecule has 5 rings (SSSR count). The zero-order valence-corrected chi connectivity index (χ0v) is 16.6. The molecule has 0 fully saturated rings. The Balaban J connectivity index is 1.65. The number of rotatable bonds is 4. The van der Waals surface area contributed by atoms with Crippen LogP contribution in [-0.4, -0.2) is 21.6 Å². The van der Waals surface area contributed by atoms with Crippen LogP contribution in [-0.2, 0) is 0 Å². The first kappa shape index (κ1) is 19.4. The number of benzene rings is 3. The average molecular weight is 431 g/mol. The number of anilines is 3. The van der Waals surface area contributed by atoms with Crippen LogP contribution in [0.25, 0.3) is 0 Å². The quantitative estimate of drug-likeness (QED) is 0.451. The SMILES string of the molecule is O=[N+]([O-])c1ccc(N2CN3C(=C(O)[C@H]2c2cccc([N+](=O)[O-])c2)Nc2ccccc23)cc1. The van der Waals surface area contributed by atoms with Crippen LogP contribution < -0.4 is 15.1 Å². The Morgan fingerprint density at radius 2 is 1.62 bits per heavy atom. The molecular weight excluding hydrogens is 414 g/mol. The molecule has 10 heteroatoms. The molecule has 10 nitrogen and oxygen atoms in total. The zero-order chi connectivity index (χ0) is 22.4. The van der Waals surface area contributed by atoms with Gasteiger partial charge in [0, 0.05) is 30.0 Å². The molecule has 2 N–H and O–H groups in total. The molecule has 0 spiro atoms. The van der Waals surface area contributed by atoms with Crippen LogP contribution in [0.3, 0.4) is 0 Å². The van der Waals surface area contributed by atoms with Gasteiger partial charge in [0.05, 0.1) is 27.9 Å². The maximum Gasteiger partial charge on any atom is 0.269 e. The maximum atomic E-state index is 11.3. The van der Waals surface area contributed by atoms with Gasteiger partial charge in [0.2, 0.25) is 0 Å². The zero-order valence-electron chi connectivity index (χ0n) is 16.6. The predicted octanol–water partition coefficient (Wildman–Crippen LogP) is 4.68. The highest BCUT2D eigenvalue weighted by Gasteiger charge is 2.40. The third-order valence-corrected chi connectivity index (χ3v) is 5.61. The summed E-state index contributed by atoms with van der Waals surface area (Å²) >= 11 is 0. The molecule has 2 aliphatic rings. The number of para-hydroxylation sites is 2. The summed E-state index contributed by atoms with van der Waals surface area (Å²) in [6, 6.07) is 19.0. The van der Waals surface area contributed by atoms with Crippen LogP contribution in [0.5, 0.6) is 0 Å². The summed E-state index contributed by atoms with van der Waals surface area (Å²) in [7, 11) is 0. The van der Waals surface area contributed by atoms with Crippen molar-refractivity contribution in [2.24, 2.45) is 0 Å². The molecule has 0 radical (unpaired) electrons. The van der Waals surface area contributed by atoms with Gasteiger partial charge in [-0.15, -0.1) is 0 Å². The standard InChI is InChI=1S/C22H17N5O5/c28-21-20(14-4-3-5-17(12-14)27(31)32)24(15-8-10-16(11-9-15)26(29)30)13-25-19-7-2-1-6-18(19)23-22(21)25/h1-12,20,23,28H,13H2/t20-/m1/s1. The lowest BCUT2D eigenvalue weighted by atomic mass is 10.00. The fraction of sp³-hybridized carbons (Fsp3) is 0.0909. The van der Waals surface area contributed by atoms with Crippen LogP contribution >= 0.6 is 0 Å². The van der Waals surface area contributed by atoms with Crippen LogP contribution in [0.15, 0.2) is 84.4 Å². The highest BCUT2D eigenvalue weighted by atomic mass is 16.6. The van der Waals surface area contributed by atoms with Crippen LogP contribution in [0, 0.1) is 20.2 Å². The predicted molar refractivity (Wildman–Crippen MR) is 118 cm³/mol. The number of aliphatic hydroxyl groups excluding tert-OH is 1. The number of nitro groups is 2. The van der Waals surface area contributed by atoms with Crippen molar-refractivity contribution in [3.05, 3.63) is 110 Å². The van der Waals surface area contributed by atoms with Gasteiger partial charge in [0.1, 0.15) is 6.04 Å². The summed E-state index contributed by atoms with van der Waals surface area (Å²) in [5.74, 6) is 0.493. The molecule has 0 saturated carbocycles. The number of nitrogens with one attached hydrogen (secondary N) is 1. The van der Waals surface area contributed by atoms with Crippen molar-refractivity contribution in [1.82, 2.24) is 0 Å². The molecule has 160 valence electrons. The van der Waals surface area contributed by atoms with Crippen molar-refractivity contribution in [1.29, 1.82) is 0 Å². The van der Waals surface area contributed by atoms with Crippen LogP contribution in [0.1, 0.15) is 11.6 Å². The Morgan fingerprint density at radius 3 is 2.34 bits per heavy atom. The average Bonchev–Trinajstić information content (AvgIpc) is 3.18. The number of nitro benzene ring substituents is 2. The molecule has 0 bridgehead atoms. The molecule has 0 aliphatic carbocycles. The van der Waals surface area contributed by atoms with E-state index in [9.17, 15) is 25.3 Å². The summed E-state index contributed by atoms with van der Waals surface area (Å²) < 4.78 is 0. The van der Waals surface area contributed by atoms with Gasteiger partial charge in [-0.25, -0.2) is 0 Å². The van der Waals surface area contributed by atoms with E-state index in [0.717, 1.165) is 11.4 Å². The second-order valence-electron chi connectivity index (χ2n) is 7.44. The topological polar surface area (TPSA) is 125 Å². The fourth-order valence-electron chi connectivity index (χ4n) is 4.13. The Labute approximate surface area is 181 Å². The monoisotopic (exact) mass is 431 g/mol. The minimum atomic E-state index is -0.732. The number of hydrogen-bond acceptors (Lipinski definition) is 8. The van der Waals surface area contributed by atoms with Gasteiger partial charge in [0.15, 0.2) is 11.6 Å². The second kappa shape index (κ2) is 7.27. The Kier molecular flexibility index (Phi) is 4.40. The largest absolute Gasteiger partial charge is 0.506 e. The van der Waals surface area contributed by atoms with Crippen molar-refractivity contribution in [2.75, 3.05) is 21.8 Å². The van der Waals surface area contributed by atoms with E-state index in [-0.39, 0.29) is 17.1 Å². The minimum Gasteiger partial charge on any atom is -0.506 e. The number of hydrogen-bond donors (Lipinski definition) is 2. The lowest BCUT2D eigenvalue weighted by Crippen LogP contribution is -2.45. The van der Waals surface area contributed by atoms with E-state index < -0.39 is 15.9 Å². The Morgan fingerprint density at radius 1 is 0.906 bits per heavy atom. The highest BCUT2D eigenvalue weighted by Crippen LogP contribution is 2.45. The van der Waals surface area contributed by atoms with E-state index >= 15 is 0 Å². The molecule has 3 aromatic rings. The summed E-state index contributed by atoms with van der Waals surface area (Å²) in [4.78, 5) is 25.2. The van der Waals surface area contributed by atoms with E-state index in [0.29, 0.717) is 23.7 Å². The number of non-ortho nitro benzene ring substituents is 2. The molecule has 0 unspecified atom stereocenters. The van der Waals surface area contributed by atoms with Gasteiger partial charge < -0.3 is 20.2 Å². The third kappa shape index (κ3) is 3.05. The number of aliphatic hydroxyl groups is 1. The molecular formula is C22H17N5O5. The molecule has 32 heavy (non-hydrogen) atoms. The van der Waals surface area contributed by atoms with Crippen molar-refractivity contribution in [3.63, 3.8) is 0 Å². The summed E-state index contributed by atoms with van der Waals surface area (Å²) in [6.45, 7) is 0.314. The van der Waals surface area contributed by atoms with Gasteiger partial charge in [-0.05, 0) is 29.8 Å². The molecule has 1 atom stereocenters. The van der Waals surface area contributed by atoms with Crippen molar-refractivity contribution in [2.45, 2.75) is 6.04 Å².